The van der Waals surface area contributed by atoms with Crippen LogP contribution in [0.25, 0.3) is 44.0 Å². The van der Waals surface area contributed by atoms with E-state index in [1.54, 1.807) is 24.3 Å². The second kappa shape index (κ2) is 8.78. The van der Waals surface area contributed by atoms with Gasteiger partial charge in [0.15, 0.2) is 0 Å². The van der Waals surface area contributed by atoms with Gasteiger partial charge in [0.25, 0.3) is 0 Å². The van der Waals surface area contributed by atoms with Crippen LogP contribution < -0.4 is 0 Å². The molecule has 0 fully saturated rings. The lowest BCUT2D eigenvalue weighted by Gasteiger charge is -2.07. The summed E-state index contributed by atoms with van der Waals surface area (Å²) in [4.78, 5) is 13.8. The van der Waals surface area contributed by atoms with Crippen LogP contribution in [0.3, 0.4) is 0 Å². The predicted octanol–water partition coefficient (Wildman–Crippen LogP) is 6.98. The Morgan fingerprint density at radius 2 is 1.73 bits per heavy atom. The molecule has 0 amide bonds. The molecule has 0 aliphatic rings. The Morgan fingerprint density at radius 3 is 2.52 bits per heavy atom. The van der Waals surface area contributed by atoms with Crippen LogP contribution in [-0.4, -0.2) is 17.1 Å². The van der Waals surface area contributed by atoms with Gasteiger partial charge in [0.05, 0.1) is 17.6 Å². The number of esters is 1. The number of thiophene rings is 1. The van der Waals surface area contributed by atoms with Gasteiger partial charge >= 0.3 is 5.97 Å². The number of rotatable bonds is 5. The summed E-state index contributed by atoms with van der Waals surface area (Å²) in [6.45, 7) is 1.96. The molecule has 0 radical (unpaired) electrons. The summed E-state index contributed by atoms with van der Waals surface area (Å²) >= 11 is 1.54. The van der Waals surface area contributed by atoms with E-state index >= 15 is 0 Å². The van der Waals surface area contributed by atoms with Crippen LogP contribution in [0, 0.1) is 11.3 Å². The Kier molecular flexibility index (Phi) is 5.52. The van der Waals surface area contributed by atoms with E-state index in [4.69, 9.17) is 4.74 Å². The molecule has 0 N–H and O–H groups in total. The molecule has 5 heteroatoms. The van der Waals surface area contributed by atoms with Gasteiger partial charge in [-0.05, 0) is 61.0 Å². The van der Waals surface area contributed by atoms with Gasteiger partial charge in [-0.15, -0.1) is 11.3 Å². The van der Waals surface area contributed by atoms with Crippen LogP contribution in [0.5, 0.6) is 0 Å². The zero-order chi connectivity index (χ0) is 22.8. The lowest BCUT2D eigenvalue weighted by molar-refractivity contribution is -0.137. The average Bonchev–Trinajstić information content (AvgIpc) is 3.45. The zero-order valence-corrected chi connectivity index (χ0v) is 18.8. The van der Waals surface area contributed by atoms with Crippen molar-refractivity contribution in [3.63, 3.8) is 0 Å². The highest BCUT2D eigenvalue weighted by molar-refractivity contribution is 7.16. The lowest BCUT2D eigenvalue weighted by Crippen LogP contribution is -2.05. The number of benzene rings is 3. The number of hydrogen-bond acceptors (Lipinski definition) is 4. The molecule has 0 unspecified atom stereocenters. The van der Waals surface area contributed by atoms with Gasteiger partial charge in [-0.2, -0.15) is 5.26 Å². The van der Waals surface area contributed by atoms with E-state index in [1.165, 1.54) is 16.3 Å². The van der Waals surface area contributed by atoms with E-state index in [0.29, 0.717) is 0 Å². The third-order valence-corrected chi connectivity index (χ3v) is 6.58. The summed E-state index contributed by atoms with van der Waals surface area (Å²) in [5.41, 5.74) is 4.54. The molecular weight excluding hydrogens is 428 g/mol. The Balaban J connectivity index is 1.60. The number of aromatic nitrogens is 1. The number of nitrogens with zero attached hydrogens (tertiary/aromatic N) is 2. The normalized spacial score (nSPS) is 11.6. The van der Waals surface area contributed by atoms with E-state index in [-0.39, 0.29) is 12.2 Å². The quantitative estimate of drug-likeness (QED) is 0.165. The van der Waals surface area contributed by atoms with Gasteiger partial charge in [-0.3, -0.25) is 0 Å². The largest absolute Gasteiger partial charge is 0.462 e. The third kappa shape index (κ3) is 3.82. The molecule has 0 saturated heterocycles. The SMILES string of the molecule is CCOC(=O)C(C#N)=Cc1ccc(-c2ccc3c(c2)c2ccccc2n3-c2ccccc2)s1. The first kappa shape index (κ1) is 20.7. The maximum absolute atomic E-state index is 11.9. The summed E-state index contributed by atoms with van der Waals surface area (Å²) in [6, 6.07) is 31.2. The number of carbonyl (C=O) groups excluding carboxylic acids is 1. The summed E-state index contributed by atoms with van der Waals surface area (Å²) in [6.07, 6.45) is 1.59. The van der Waals surface area contributed by atoms with Crippen molar-refractivity contribution in [1.29, 1.82) is 5.26 Å². The van der Waals surface area contributed by atoms with E-state index in [0.717, 1.165) is 26.5 Å². The van der Waals surface area contributed by atoms with Gasteiger partial charge in [-0.25, -0.2) is 4.79 Å². The molecule has 0 spiro atoms. The van der Waals surface area contributed by atoms with Gasteiger partial charge in [0.1, 0.15) is 11.6 Å². The van der Waals surface area contributed by atoms with Crippen molar-refractivity contribution in [2.24, 2.45) is 0 Å². The van der Waals surface area contributed by atoms with E-state index in [1.807, 2.05) is 24.3 Å². The van der Waals surface area contributed by atoms with Crippen molar-refractivity contribution < 1.29 is 9.53 Å². The van der Waals surface area contributed by atoms with Crippen molar-refractivity contribution in [3.8, 4) is 22.2 Å². The van der Waals surface area contributed by atoms with Crippen LogP contribution in [0.2, 0.25) is 0 Å². The predicted molar refractivity (Wildman–Crippen MR) is 134 cm³/mol. The van der Waals surface area contributed by atoms with Crippen LogP contribution in [-0.2, 0) is 9.53 Å². The molecule has 33 heavy (non-hydrogen) atoms. The topological polar surface area (TPSA) is 55.0 Å². The fraction of sp³-hybridized carbons (Fsp3) is 0.0714. The number of ether oxygens (including phenoxy) is 1. The van der Waals surface area contributed by atoms with Crippen molar-refractivity contribution in [1.82, 2.24) is 4.57 Å². The Bertz CT molecular complexity index is 1550. The summed E-state index contributed by atoms with van der Waals surface area (Å²) in [5.74, 6) is -0.593. The third-order valence-electron chi connectivity index (χ3n) is 5.50. The van der Waals surface area contributed by atoms with Crippen LogP contribution in [0.1, 0.15) is 11.8 Å². The molecule has 2 aromatic heterocycles. The van der Waals surface area contributed by atoms with Crippen molar-refractivity contribution in [2.45, 2.75) is 6.92 Å². The fourth-order valence-corrected chi connectivity index (χ4v) is 5.00. The van der Waals surface area contributed by atoms with Crippen LogP contribution in [0.4, 0.5) is 0 Å². The molecule has 0 aliphatic heterocycles. The van der Waals surface area contributed by atoms with E-state index in [2.05, 4.69) is 71.3 Å². The molecule has 3 aromatic carbocycles. The molecule has 4 nitrogen and oxygen atoms in total. The first-order chi connectivity index (χ1) is 16.2. The smallest absolute Gasteiger partial charge is 0.348 e. The monoisotopic (exact) mass is 448 g/mol. The molecule has 0 aliphatic carbocycles. The van der Waals surface area contributed by atoms with E-state index < -0.39 is 5.97 Å². The molecule has 0 atom stereocenters. The highest BCUT2D eigenvalue weighted by atomic mass is 32.1. The second-order valence-electron chi connectivity index (χ2n) is 7.51. The number of hydrogen-bond donors (Lipinski definition) is 0. The van der Waals surface area contributed by atoms with Gasteiger partial charge in [0.2, 0.25) is 0 Å². The number of nitriles is 1. The standard InChI is InChI=1S/C28H20N2O2S/c1-2-32-28(31)20(18-29)16-22-13-15-27(33-22)19-12-14-26-24(17-19)23-10-6-7-11-25(23)30(26)21-8-4-3-5-9-21/h3-17H,2H2,1H3. The minimum Gasteiger partial charge on any atom is -0.462 e. The number of para-hydroxylation sites is 2. The molecule has 160 valence electrons. The van der Waals surface area contributed by atoms with Crippen molar-refractivity contribution in [3.05, 3.63) is 95.4 Å². The minimum absolute atomic E-state index is 0.00614. The minimum atomic E-state index is -0.593. The van der Waals surface area contributed by atoms with Crippen molar-refractivity contribution >= 4 is 45.2 Å². The molecule has 2 heterocycles. The van der Waals surface area contributed by atoms with E-state index in [9.17, 15) is 10.1 Å². The molecular formula is C28H20N2O2S. The molecule has 0 saturated carbocycles. The highest BCUT2D eigenvalue weighted by Crippen LogP contribution is 2.36. The Labute approximate surface area is 195 Å². The van der Waals surface area contributed by atoms with Gasteiger partial charge < -0.3 is 9.30 Å². The number of carbonyl (C=O) groups is 1. The average molecular weight is 449 g/mol. The first-order valence-corrected chi connectivity index (χ1v) is 11.5. The summed E-state index contributed by atoms with van der Waals surface area (Å²) in [7, 11) is 0. The zero-order valence-electron chi connectivity index (χ0n) is 18.0. The van der Waals surface area contributed by atoms with Gasteiger partial charge in [0, 0.05) is 26.2 Å². The maximum atomic E-state index is 11.9. The van der Waals surface area contributed by atoms with Crippen LogP contribution >= 0.6 is 11.3 Å². The molecule has 0 bridgehead atoms. The molecule has 5 aromatic rings. The molecule has 5 rings (SSSR count). The lowest BCUT2D eigenvalue weighted by atomic mass is 10.1. The fourth-order valence-electron chi connectivity index (χ4n) is 4.05. The Morgan fingerprint density at radius 1 is 0.970 bits per heavy atom. The van der Waals surface area contributed by atoms with Crippen molar-refractivity contribution in [2.75, 3.05) is 6.61 Å². The first-order valence-electron chi connectivity index (χ1n) is 10.7. The van der Waals surface area contributed by atoms with Crippen LogP contribution in [0.15, 0.2) is 90.5 Å². The summed E-state index contributed by atoms with van der Waals surface area (Å²) in [5, 5.41) is 11.7. The summed E-state index contributed by atoms with van der Waals surface area (Å²) < 4.78 is 7.25. The maximum Gasteiger partial charge on any atom is 0.348 e. The number of fused-ring (bicyclic) bond motifs is 3. The Hall–Kier alpha value is -4.14. The van der Waals surface area contributed by atoms with Gasteiger partial charge in [-0.1, -0.05) is 42.5 Å². The second-order valence-corrected chi connectivity index (χ2v) is 8.63. The highest BCUT2D eigenvalue weighted by Gasteiger charge is 2.14.